The predicted octanol–water partition coefficient (Wildman–Crippen LogP) is 3.12. The second-order valence-corrected chi connectivity index (χ2v) is 14.8. The number of β-amino-alcohol motifs (C(OH)–C–C–N with tert-alkyl or cyclic N) is 1. The zero-order chi connectivity index (χ0) is 40.3. The Balaban J connectivity index is 0.946. The van der Waals surface area contributed by atoms with Crippen molar-refractivity contribution in [3.05, 3.63) is 59.7 Å². The zero-order valence-corrected chi connectivity index (χ0v) is 32.9. The van der Waals surface area contributed by atoms with Crippen LogP contribution in [0.3, 0.4) is 0 Å². The minimum absolute atomic E-state index is 0.0233. The number of carbonyl (C=O) groups excluding carboxylic acids is 5. The number of rotatable bonds is 24. The Labute approximate surface area is 329 Å². The second-order valence-electron chi connectivity index (χ2n) is 14.8. The maximum Gasteiger partial charge on any atom is 0.260 e. The smallest absolute Gasteiger partial charge is 0.260 e. The van der Waals surface area contributed by atoms with Gasteiger partial charge in [-0.3, -0.25) is 28.9 Å². The van der Waals surface area contributed by atoms with Gasteiger partial charge in [0.25, 0.3) is 11.8 Å². The molecule has 2 atom stereocenters. The third-order valence-electron chi connectivity index (χ3n) is 9.13. The summed E-state index contributed by atoms with van der Waals surface area (Å²) in [5, 5.41) is 15.7. The SMILES string of the molecule is CC(C)(C)OC[C@@H]1C[C@@H](O)CN1C(=O)CCCCCNC(=O)CCNC(=O)c1ccc(OCCOCCOCCOc2ccc(C(=O)N3CCC3=O)cc2)cc1. The van der Waals surface area contributed by atoms with E-state index in [1.54, 1.807) is 53.4 Å². The maximum atomic E-state index is 12.8. The highest BCUT2D eigenvalue weighted by atomic mass is 16.6. The molecule has 5 amide bonds. The van der Waals surface area contributed by atoms with Crippen LogP contribution in [-0.2, 0) is 28.6 Å². The lowest BCUT2D eigenvalue weighted by atomic mass is 10.1. The lowest BCUT2D eigenvalue weighted by molar-refractivity contribution is -0.136. The van der Waals surface area contributed by atoms with Gasteiger partial charge in [-0.05, 0) is 88.6 Å². The molecule has 2 aromatic carbocycles. The first kappa shape index (κ1) is 44.1. The van der Waals surface area contributed by atoms with Crippen molar-refractivity contribution in [1.82, 2.24) is 20.4 Å². The highest BCUT2D eigenvalue weighted by molar-refractivity contribution is 6.07. The predicted molar refractivity (Wildman–Crippen MR) is 206 cm³/mol. The Hall–Kier alpha value is -4.57. The van der Waals surface area contributed by atoms with Gasteiger partial charge in [0.05, 0.1) is 50.8 Å². The summed E-state index contributed by atoms with van der Waals surface area (Å²) in [6, 6.07) is 13.3. The van der Waals surface area contributed by atoms with E-state index in [9.17, 15) is 29.1 Å². The largest absolute Gasteiger partial charge is 0.491 e. The number of aliphatic hydroxyl groups excluding tert-OH is 1. The second kappa shape index (κ2) is 22.9. The van der Waals surface area contributed by atoms with Crippen molar-refractivity contribution in [2.75, 3.05) is 72.4 Å². The number of nitrogens with zero attached hydrogens (tertiary/aromatic N) is 2. The summed E-state index contributed by atoms with van der Waals surface area (Å²) in [4.78, 5) is 64.1. The van der Waals surface area contributed by atoms with Crippen LogP contribution in [0.1, 0.15) is 86.4 Å². The van der Waals surface area contributed by atoms with E-state index >= 15 is 0 Å². The molecule has 56 heavy (non-hydrogen) atoms. The van der Waals surface area contributed by atoms with Crippen molar-refractivity contribution in [3.8, 4) is 11.5 Å². The maximum absolute atomic E-state index is 12.8. The number of nitrogens with one attached hydrogen (secondary N) is 2. The van der Waals surface area contributed by atoms with Gasteiger partial charge < -0.3 is 44.3 Å². The number of hydrogen-bond donors (Lipinski definition) is 3. The summed E-state index contributed by atoms with van der Waals surface area (Å²) in [5.74, 6) is 0.340. The van der Waals surface area contributed by atoms with Crippen molar-refractivity contribution in [3.63, 3.8) is 0 Å². The molecular formula is C41H58N4O11. The van der Waals surface area contributed by atoms with E-state index in [0.29, 0.717) is 114 Å². The fraction of sp³-hybridized carbons (Fsp3) is 0.585. The molecule has 0 aromatic heterocycles. The number of benzene rings is 2. The van der Waals surface area contributed by atoms with Gasteiger partial charge in [0.1, 0.15) is 24.7 Å². The van der Waals surface area contributed by atoms with E-state index in [-0.39, 0.29) is 54.1 Å². The third kappa shape index (κ3) is 15.5. The van der Waals surface area contributed by atoms with E-state index in [4.69, 9.17) is 23.7 Å². The van der Waals surface area contributed by atoms with E-state index in [2.05, 4.69) is 10.6 Å². The molecule has 2 saturated heterocycles. The zero-order valence-electron chi connectivity index (χ0n) is 32.9. The van der Waals surface area contributed by atoms with Crippen LogP contribution in [0.4, 0.5) is 0 Å². The van der Waals surface area contributed by atoms with Crippen LogP contribution < -0.4 is 20.1 Å². The minimum atomic E-state index is -0.520. The van der Waals surface area contributed by atoms with Crippen molar-refractivity contribution in [2.24, 2.45) is 0 Å². The van der Waals surface area contributed by atoms with E-state index in [1.165, 1.54) is 4.90 Å². The number of unbranched alkanes of at least 4 members (excludes halogenated alkanes) is 2. The summed E-state index contributed by atoms with van der Waals surface area (Å²) in [6.07, 6.45) is 3.21. The van der Waals surface area contributed by atoms with Crippen LogP contribution in [0.2, 0.25) is 0 Å². The summed E-state index contributed by atoms with van der Waals surface area (Å²) in [7, 11) is 0. The molecule has 308 valence electrons. The standard InChI is InChI=1S/C41H58N4O11/c1-41(2,3)56-29-32-27-33(46)28-45(32)37(48)7-5-4-6-18-42-36(47)16-19-43-39(50)30-8-12-34(13-9-30)54-25-23-52-21-22-53-24-26-55-35-14-10-31(11-15-35)40(51)44-20-17-38(44)49/h8-15,32-33,46H,4-7,16-29H2,1-3H3,(H,42,47)(H,43,50)/t32-,33+/m0/s1. The van der Waals surface area contributed by atoms with Gasteiger partial charge >= 0.3 is 0 Å². The lowest BCUT2D eigenvalue weighted by Crippen LogP contribution is -2.47. The fourth-order valence-electron chi connectivity index (χ4n) is 5.97. The van der Waals surface area contributed by atoms with E-state index < -0.39 is 6.10 Å². The molecular weight excluding hydrogens is 724 g/mol. The number of aliphatic hydroxyl groups is 1. The normalized spacial score (nSPS) is 16.7. The molecule has 2 aliphatic rings. The van der Waals surface area contributed by atoms with Crippen molar-refractivity contribution in [1.29, 1.82) is 0 Å². The number of carbonyl (C=O) groups is 5. The molecule has 0 unspecified atom stereocenters. The van der Waals surface area contributed by atoms with Crippen LogP contribution in [-0.4, -0.2) is 135 Å². The Morgan fingerprint density at radius 3 is 1.95 bits per heavy atom. The number of hydrogen-bond acceptors (Lipinski definition) is 11. The molecule has 4 rings (SSSR count). The number of likely N-dealkylation sites (tertiary alicyclic amines) is 2. The quantitative estimate of drug-likeness (QED) is 0.0809. The molecule has 0 radical (unpaired) electrons. The molecule has 0 bridgehead atoms. The first-order valence-electron chi connectivity index (χ1n) is 19.5. The summed E-state index contributed by atoms with van der Waals surface area (Å²) >= 11 is 0. The number of β-lactam (4-membered cyclic amide) rings is 1. The molecule has 15 heteroatoms. The Kier molecular flexibility index (Phi) is 18.0. The highest BCUT2D eigenvalue weighted by Gasteiger charge is 2.35. The Morgan fingerprint density at radius 1 is 0.768 bits per heavy atom. The van der Waals surface area contributed by atoms with Gasteiger partial charge in [0.15, 0.2) is 0 Å². The van der Waals surface area contributed by atoms with Crippen molar-refractivity contribution >= 4 is 29.5 Å². The number of amides is 5. The van der Waals surface area contributed by atoms with Crippen molar-refractivity contribution < 1.29 is 52.8 Å². The van der Waals surface area contributed by atoms with Crippen LogP contribution in [0.5, 0.6) is 11.5 Å². The Bertz CT molecular complexity index is 1560. The highest BCUT2D eigenvalue weighted by Crippen LogP contribution is 2.22. The molecule has 2 aliphatic heterocycles. The number of ether oxygens (including phenoxy) is 5. The molecule has 0 saturated carbocycles. The molecule has 2 fully saturated rings. The van der Waals surface area contributed by atoms with Crippen molar-refractivity contribution in [2.45, 2.75) is 83.5 Å². The van der Waals surface area contributed by atoms with Crippen LogP contribution in [0.25, 0.3) is 0 Å². The molecule has 0 aliphatic carbocycles. The van der Waals surface area contributed by atoms with E-state index in [1.807, 2.05) is 20.8 Å². The summed E-state index contributed by atoms with van der Waals surface area (Å²) < 4.78 is 28.2. The average Bonchev–Trinajstić information content (AvgIpc) is 3.55. The lowest BCUT2D eigenvalue weighted by Gasteiger charge is -2.28. The van der Waals surface area contributed by atoms with Gasteiger partial charge in [-0.15, -0.1) is 0 Å². The van der Waals surface area contributed by atoms with Gasteiger partial charge in [0.2, 0.25) is 17.7 Å². The molecule has 3 N–H and O–H groups in total. The van der Waals surface area contributed by atoms with Gasteiger partial charge in [-0.1, -0.05) is 6.42 Å². The number of imide groups is 1. The minimum Gasteiger partial charge on any atom is -0.491 e. The molecule has 2 aromatic rings. The van der Waals surface area contributed by atoms with Gasteiger partial charge in [-0.2, -0.15) is 0 Å². The first-order chi connectivity index (χ1) is 26.9. The first-order valence-corrected chi connectivity index (χ1v) is 19.5. The third-order valence-corrected chi connectivity index (χ3v) is 9.13. The van der Waals surface area contributed by atoms with Gasteiger partial charge in [-0.25, -0.2) is 0 Å². The van der Waals surface area contributed by atoms with E-state index in [0.717, 1.165) is 12.8 Å². The fourth-order valence-corrected chi connectivity index (χ4v) is 5.97. The monoisotopic (exact) mass is 782 g/mol. The topological polar surface area (TPSA) is 182 Å². The Morgan fingerprint density at radius 2 is 1.38 bits per heavy atom. The van der Waals surface area contributed by atoms with Crippen LogP contribution >= 0.6 is 0 Å². The molecule has 0 spiro atoms. The molecule has 2 heterocycles. The molecule has 15 nitrogen and oxygen atoms in total. The average molecular weight is 783 g/mol. The summed E-state index contributed by atoms with van der Waals surface area (Å²) in [6.45, 7) is 9.97. The van der Waals surface area contributed by atoms with Gasteiger partial charge in [0, 0.05) is 56.6 Å². The van der Waals surface area contributed by atoms with Crippen LogP contribution in [0, 0.1) is 0 Å². The van der Waals surface area contributed by atoms with Crippen LogP contribution in [0.15, 0.2) is 48.5 Å². The summed E-state index contributed by atoms with van der Waals surface area (Å²) in [5.41, 5.74) is 0.594.